The second kappa shape index (κ2) is 6.53. The van der Waals surface area contributed by atoms with E-state index in [2.05, 4.69) is 16.8 Å². The highest BCUT2D eigenvalue weighted by molar-refractivity contribution is 7.19. The number of carbonyl (C=O) groups excluding carboxylic acids is 1. The fourth-order valence-electron chi connectivity index (χ4n) is 2.23. The van der Waals surface area contributed by atoms with Crippen molar-refractivity contribution in [2.45, 2.75) is 20.0 Å². The lowest BCUT2D eigenvalue weighted by Crippen LogP contribution is -2.44. The van der Waals surface area contributed by atoms with Gasteiger partial charge in [0.25, 0.3) is 0 Å². The van der Waals surface area contributed by atoms with Crippen molar-refractivity contribution in [2.24, 2.45) is 0 Å². The van der Waals surface area contributed by atoms with Gasteiger partial charge in [0.05, 0.1) is 13.2 Å². The quantitative estimate of drug-likeness (QED) is 0.853. The monoisotopic (exact) mass is 313 g/mol. The second-order valence-electron chi connectivity index (χ2n) is 5.43. The highest BCUT2D eigenvalue weighted by atomic mass is 32.1. The van der Waals surface area contributed by atoms with Crippen molar-refractivity contribution in [2.75, 3.05) is 51.0 Å². The zero-order chi connectivity index (χ0) is 15.6. The van der Waals surface area contributed by atoms with Crippen LogP contribution in [0.4, 0.5) is 10.7 Å². The van der Waals surface area contributed by atoms with E-state index >= 15 is 0 Å². The first kappa shape index (κ1) is 15.9. The zero-order valence-electron chi connectivity index (χ0n) is 13.0. The Kier molecular flexibility index (Phi) is 4.95. The molecule has 1 saturated heterocycles. The molecule has 21 heavy (non-hydrogen) atoms. The lowest BCUT2D eigenvalue weighted by molar-refractivity contribution is 0.0607. The van der Waals surface area contributed by atoms with E-state index in [1.165, 1.54) is 18.4 Å². The molecule has 0 bridgehead atoms. The van der Waals surface area contributed by atoms with E-state index < -0.39 is 5.97 Å². The van der Waals surface area contributed by atoms with Crippen LogP contribution in [-0.4, -0.2) is 57.3 Å². The average Bonchev–Trinajstić information content (AvgIpc) is 2.76. The van der Waals surface area contributed by atoms with Gasteiger partial charge in [-0.05, 0) is 20.9 Å². The van der Waals surface area contributed by atoms with Crippen LogP contribution in [0.25, 0.3) is 0 Å². The molecular formula is C14H23N3O3S. The summed E-state index contributed by atoms with van der Waals surface area (Å²) in [6.07, 6.45) is -0.00129. The Hall–Kier alpha value is -1.47. The molecule has 118 valence electrons. The van der Waals surface area contributed by atoms with Gasteiger partial charge < -0.3 is 25.0 Å². The topological polar surface area (TPSA) is 68.0 Å². The average molecular weight is 313 g/mol. The number of carbonyl (C=O) groups is 1. The van der Waals surface area contributed by atoms with Crippen molar-refractivity contribution in [1.82, 2.24) is 4.90 Å². The van der Waals surface area contributed by atoms with Crippen LogP contribution in [0.5, 0.6) is 5.75 Å². The van der Waals surface area contributed by atoms with Gasteiger partial charge in [-0.25, -0.2) is 4.79 Å². The highest BCUT2D eigenvalue weighted by Crippen LogP contribution is 2.45. The number of hydrogen-bond donors (Lipinski definition) is 1. The van der Waals surface area contributed by atoms with Crippen molar-refractivity contribution in [3.8, 4) is 5.75 Å². The predicted molar refractivity (Wildman–Crippen MR) is 85.5 cm³/mol. The summed E-state index contributed by atoms with van der Waals surface area (Å²) in [5, 5.41) is 0.926. The van der Waals surface area contributed by atoms with Gasteiger partial charge in [-0.3, -0.25) is 0 Å². The number of anilines is 2. The summed E-state index contributed by atoms with van der Waals surface area (Å²) in [4.78, 5) is 16.8. The van der Waals surface area contributed by atoms with E-state index in [1.54, 1.807) is 0 Å². The number of hydrogen-bond acceptors (Lipinski definition) is 7. The van der Waals surface area contributed by atoms with Crippen LogP contribution in [0.15, 0.2) is 0 Å². The molecular weight excluding hydrogens is 290 g/mol. The standard InChI is InChI=1S/C14H23N3O3S/c1-9(2)20-11-10(15)12(14(18)19-4)21-13(11)17-7-5-16(3)6-8-17/h9H,5-8,15H2,1-4H3. The molecule has 0 aromatic carbocycles. The summed E-state index contributed by atoms with van der Waals surface area (Å²) >= 11 is 1.35. The number of esters is 1. The molecule has 2 N–H and O–H groups in total. The summed E-state index contributed by atoms with van der Waals surface area (Å²) in [7, 11) is 3.46. The highest BCUT2D eigenvalue weighted by Gasteiger charge is 2.28. The third kappa shape index (κ3) is 3.41. The van der Waals surface area contributed by atoms with Crippen LogP contribution in [0.3, 0.4) is 0 Å². The lowest BCUT2D eigenvalue weighted by Gasteiger charge is -2.33. The summed E-state index contributed by atoms with van der Waals surface area (Å²) in [5.41, 5.74) is 6.49. The molecule has 0 saturated carbocycles. The minimum Gasteiger partial charge on any atom is -0.486 e. The van der Waals surface area contributed by atoms with Gasteiger partial charge >= 0.3 is 5.97 Å². The van der Waals surface area contributed by atoms with Crippen molar-refractivity contribution in [3.05, 3.63) is 4.88 Å². The first-order chi connectivity index (χ1) is 9.93. The SMILES string of the molecule is COC(=O)c1sc(N2CCN(C)CC2)c(OC(C)C)c1N. The van der Waals surface area contributed by atoms with Gasteiger partial charge in [0.2, 0.25) is 0 Å². The van der Waals surface area contributed by atoms with Crippen LogP contribution in [0, 0.1) is 0 Å². The van der Waals surface area contributed by atoms with Crippen LogP contribution < -0.4 is 15.4 Å². The Morgan fingerprint density at radius 1 is 1.29 bits per heavy atom. The van der Waals surface area contributed by atoms with Crippen molar-refractivity contribution in [1.29, 1.82) is 0 Å². The number of nitrogens with two attached hydrogens (primary N) is 1. The Labute approximate surface area is 129 Å². The number of methoxy groups -OCH3 is 1. The van der Waals surface area contributed by atoms with Crippen LogP contribution >= 0.6 is 11.3 Å². The van der Waals surface area contributed by atoms with Gasteiger partial charge in [0.1, 0.15) is 15.6 Å². The van der Waals surface area contributed by atoms with E-state index in [-0.39, 0.29) is 6.10 Å². The predicted octanol–water partition coefficient (Wildman–Crippen LogP) is 1.66. The summed E-state index contributed by atoms with van der Waals surface area (Å²) in [6, 6.07) is 0. The number of likely N-dealkylation sites (N-methyl/N-ethyl adjacent to an activating group) is 1. The van der Waals surface area contributed by atoms with Gasteiger partial charge in [-0.1, -0.05) is 0 Å². The van der Waals surface area contributed by atoms with E-state index in [0.29, 0.717) is 16.3 Å². The molecule has 0 unspecified atom stereocenters. The van der Waals surface area contributed by atoms with Crippen molar-refractivity contribution in [3.63, 3.8) is 0 Å². The fourth-order valence-corrected chi connectivity index (χ4v) is 3.35. The van der Waals surface area contributed by atoms with Crippen LogP contribution in [-0.2, 0) is 4.74 Å². The normalized spacial score (nSPS) is 16.3. The largest absolute Gasteiger partial charge is 0.486 e. The third-order valence-corrected chi connectivity index (χ3v) is 4.62. The van der Waals surface area contributed by atoms with Crippen LogP contribution in [0.1, 0.15) is 23.5 Å². The maximum Gasteiger partial charge on any atom is 0.350 e. The molecule has 1 aliphatic rings. The summed E-state index contributed by atoms with van der Waals surface area (Å²) in [6.45, 7) is 7.64. The molecule has 7 heteroatoms. The van der Waals surface area contributed by atoms with Crippen molar-refractivity contribution >= 4 is 28.0 Å². The Morgan fingerprint density at radius 2 is 1.90 bits per heavy atom. The molecule has 1 aliphatic heterocycles. The molecule has 0 amide bonds. The molecule has 1 fully saturated rings. The Bertz CT molecular complexity index is 508. The van der Waals surface area contributed by atoms with Crippen LogP contribution in [0.2, 0.25) is 0 Å². The number of nitrogen functional groups attached to an aromatic ring is 1. The molecule has 2 rings (SSSR count). The van der Waals surface area contributed by atoms with E-state index in [4.69, 9.17) is 15.2 Å². The van der Waals surface area contributed by atoms with E-state index in [9.17, 15) is 4.79 Å². The fraction of sp³-hybridized carbons (Fsp3) is 0.643. The van der Waals surface area contributed by atoms with Gasteiger partial charge in [-0.15, -0.1) is 11.3 Å². The number of thiophene rings is 1. The van der Waals surface area contributed by atoms with Gasteiger partial charge in [-0.2, -0.15) is 0 Å². The molecule has 1 aromatic heterocycles. The first-order valence-electron chi connectivity index (χ1n) is 7.04. The summed E-state index contributed by atoms with van der Waals surface area (Å²) < 4.78 is 10.7. The number of ether oxygens (including phenoxy) is 2. The number of piperazine rings is 1. The van der Waals surface area contributed by atoms with Crippen molar-refractivity contribution < 1.29 is 14.3 Å². The minimum absolute atomic E-state index is 0.00129. The lowest BCUT2D eigenvalue weighted by atomic mass is 10.3. The molecule has 2 heterocycles. The minimum atomic E-state index is -0.411. The Balaban J connectivity index is 2.35. The third-order valence-electron chi connectivity index (χ3n) is 3.40. The number of nitrogens with zero attached hydrogens (tertiary/aromatic N) is 2. The smallest absolute Gasteiger partial charge is 0.350 e. The zero-order valence-corrected chi connectivity index (χ0v) is 13.8. The molecule has 6 nitrogen and oxygen atoms in total. The Morgan fingerprint density at radius 3 is 2.43 bits per heavy atom. The van der Waals surface area contributed by atoms with E-state index in [0.717, 1.165) is 31.2 Å². The van der Waals surface area contributed by atoms with Gasteiger partial charge in [0.15, 0.2) is 5.75 Å². The van der Waals surface area contributed by atoms with Gasteiger partial charge in [0, 0.05) is 26.2 Å². The molecule has 1 aromatic rings. The summed E-state index contributed by atoms with van der Waals surface area (Å²) in [5.74, 6) is 0.200. The maximum atomic E-state index is 11.8. The second-order valence-corrected chi connectivity index (χ2v) is 6.43. The molecule has 0 radical (unpaired) electrons. The molecule has 0 aliphatic carbocycles. The maximum absolute atomic E-state index is 11.8. The first-order valence-corrected chi connectivity index (χ1v) is 7.86. The molecule has 0 spiro atoms. The van der Waals surface area contributed by atoms with E-state index in [1.807, 2.05) is 13.8 Å². The molecule has 0 atom stereocenters. The number of rotatable bonds is 4.